The average Bonchev–Trinajstić information content (AvgIpc) is 2.56. The second-order valence-corrected chi connectivity index (χ2v) is 9.67. The molecule has 0 aliphatic carbocycles. The molecule has 0 saturated carbocycles. The van der Waals surface area contributed by atoms with Gasteiger partial charge in [0.25, 0.3) is 5.91 Å². The predicted molar refractivity (Wildman–Crippen MR) is 119 cm³/mol. The molecule has 0 heterocycles. The molecular formula is C16H12Br2Cl3N3OS. The molecule has 2 aromatic rings. The summed E-state index contributed by atoms with van der Waals surface area (Å²) < 4.78 is -0.0379. The van der Waals surface area contributed by atoms with Crippen LogP contribution in [0, 0.1) is 0 Å². The molecule has 2 rings (SSSR count). The van der Waals surface area contributed by atoms with Crippen molar-refractivity contribution in [3.05, 3.63) is 63.0 Å². The van der Waals surface area contributed by atoms with Crippen LogP contribution < -0.4 is 16.0 Å². The first-order valence-electron chi connectivity index (χ1n) is 7.11. The molecule has 0 spiro atoms. The van der Waals surface area contributed by atoms with Crippen molar-refractivity contribution in [1.82, 2.24) is 10.6 Å². The standard InChI is InChI=1S/C16H12Br2Cl3N3OS/c17-10-3-1-9(2-4-10)13(25)23-14(16(19,20)21)24-15(26)22-12-7-5-11(18)6-8-12/h1-8,14H,(H,23,25)(H2,22,24,26)/t14-/m0/s1. The van der Waals surface area contributed by atoms with Gasteiger partial charge in [0.1, 0.15) is 6.17 Å². The lowest BCUT2D eigenvalue weighted by molar-refractivity contribution is 0.0934. The molecule has 0 aliphatic heterocycles. The average molecular weight is 561 g/mol. The number of hydrogen-bond acceptors (Lipinski definition) is 2. The Morgan fingerprint density at radius 3 is 1.92 bits per heavy atom. The monoisotopic (exact) mass is 557 g/mol. The fourth-order valence-corrected chi connectivity index (χ4v) is 2.94. The fraction of sp³-hybridized carbons (Fsp3) is 0.125. The van der Waals surface area contributed by atoms with Crippen molar-refractivity contribution in [2.24, 2.45) is 0 Å². The zero-order chi connectivity index (χ0) is 19.3. The number of anilines is 1. The molecule has 0 radical (unpaired) electrons. The molecule has 0 aromatic heterocycles. The van der Waals surface area contributed by atoms with Gasteiger partial charge in [-0.15, -0.1) is 0 Å². The van der Waals surface area contributed by atoms with E-state index in [-0.39, 0.29) is 5.11 Å². The molecular weight excluding hydrogens is 548 g/mol. The van der Waals surface area contributed by atoms with E-state index in [2.05, 4.69) is 47.8 Å². The number of alkyl halides is 3. The molecule has 4 nitrogen and oxygen atoms in total. The number of hydrogen-bond donors (Lipinski definition) is 3. The smallest absolute Gasteiger partial charge is 0.252 e. The van der Waals surface area contributed by atoms with Crippen molar-refractivity contribution in [2.75, 3.05) is 5.32 Å². The van der Waals surface area contributed by atoms with Crippen molar-refractivity contribution in [3.63, 3.8) is 0 Å². The van der Waals surface area contributed by atoms with Gasteiger partial charge in [-0.1, -0.05) is 66.7 Å². The summed E-state index contributed by atoms with van der Waals surface area (Å²) in [6, 6.07) is 14.1. The molecule has 0 fully saturated rings. The summed E-state index contributed by atoms with van der Waals surface area (Å²) in [7, 11) is 0. The van der Waals surface area contributed by atoms with Gasteiger partial charge >= 0.3 is 0 Å². The second kappa shape index (κ2) is 9.57. The van der Waals surface area contributed by atoms with E-state index in [1.54, 1.807) is 24.3 Å². The Morgan fingerprint density at radius 1 is 0.923 bits per heavy atom. The third-order valence-electron chi connectivity index (χ3n) is 3.09. The van der Waals surface area contributed by atoms with Crippen LogP contribution in [0.3, 0.4) is 0 Å². The number of thiocarbonyl (C=S) groups is 1. The normalized spacial score (nSPS) is 12.2. The van der Waals surface area contributed by atoms with E-state index < -0.39 is 15.9 Å². The molecule has 0 bridgehead atoms. The SMILES string of the molecule is O=C(N[C@@H](NC(=S)Nc1ccc(Br)cc1)C(Cl)(Cl)Cl)c1ccc(Br)cc1. The van der Waals surface area contributed by atoms with Crippen molar-refractivity contribution in [2.45, 2.75) is 9.96 Å². The van der Waals surface area contributed by atoms with Gasteiger partial charge in [-0.05, 0) is 60.7 Å². The van der Waals surface area contributed by atoms with Gasteiger partial charge in [-0.25, -0.2) is 0 Å². The molecule has 10 heteroatoms. The van der Waals surface area contributed by atoms with Crippen molar-refractivity contribution in [1.29, 1.82) is 0 Å². The third kappa shape index (κ3) is 6.87. The maximum absolute atomic E-state index is 12.4. The van der Waals surface area contributed by atoms with Crippen LogP contribution in [0.15, 0.2) is 57.5 Å². The second-order valence-electron chi connectivity index (χ2n) is 5.06. The van der Waals surface area contributed by atoms with Crippen LogP contribution in [0.25, 0.3) is 0 Å². The van der Waals surface area contributed by atoms with Gasteiger partial charge in [0, 0.05) is 20.2 Å². The highest BCUT2D eigenvalue weighted by Gasteiger charge is 2.34. The molecule has 2 aromatic carbocycles. The number of amides is 1. The fourth-order valence-electron chi connectivity index (χ4n) is 1.85. The van der Waals surface area contributed by atoms with Crippen LogP contribution in [0.1, 0.15) is 10.4 Å². The Balaban J connectivity index is 2.04. The van der Waals surface area contributed by atoms with Crippen LogP contribution in [0.5, 0.6) is 0 Å². The Kier molecular flexibility index (Phi) is 8.00. The highest BCUT2D eigenvalue weighted by Crippen LogP contribution is 2.29. The molecule has 1 atom stereocenters. The summed E-state index contributed by atoms with van der Waals surface area (Å²) in [5.41, 5.74) is 1.16. The minimum atomic E-state index is -1.82. The van der Waals surface area contributed by atoms with Gasteiger partial charge < -0.3 is 16.0 Å². The number of halogens is 5. The van der Waals surface area contributed by atoms with Crippen LogP contribution >= 0.6 is 78.9 Å². The molecule has 0 saturated heterocycles. The van der Waals surface area contributed by atoms with E-state index in [0.29, 0.717) is 5.56 Å². The zero-order valence-corrected chi connectivity index (χ0v) is 19.2. The van der Waals surface area contributed by atoms with E-state index in [1.165, 1.54) is 0 Å². The Labute approximate surface area is 188 Å². The van der Waals surface area contributed by atoms with Gasteiger partial charge in [-0.2, -0.15) is 0 Å². The van der Waals surface area contributed by atoms with Crippen molar-refractivity contribution in [3.8, 4) is 0 Å². The van der Waals surface area contributed by atoms with Gasteiger partial charge in [0.2, 0.25) is 3.79 Å². The van der Waals surface area contributed by atoms with Crippen LogP contribution in [0.2, 0.25) is 0 Å². The van der Waals surface area contributed by atoms with E-state index in [0.717, 1.165) is 14.6 Å². The Hall–Kier alpha value is -0.570. The van der Waals surface area contributed by atoms with Crippen LogP contribution in [0.4, 0.5) is 5.69 Å². The first kappa shape index (κ1) is 21.7. The highest BCUT2D eigenvalue weighted by atomic mass is 79.9. The highest BCUT2D eigenvalue weighted by molar-refractivity contribution is 9.10. The summed E-state index contributed by atoms with van der Waals surface area (Å²) in [4.78, 5) is 12.4. The van der Waals surface area contributed by atoms with Gasteiger partial charge in [-0.3, -0.25) is 4.79 Å². The van der Waals surface area contributed by atoms with E-state index in [4.69, 9.17) is 47.0 Å². The summed E-state index contributed by atoms with van der Waals surface area (Å²) >= 11 is 29.8. The first-order valence-corrected chi connectivity index (χ1v) is 10.2. The molecule has 0 unspecified atom stereocenters. The third-order valence-corrected chi connectivity index (χ3v) is 5.02. The topological polar surface area (TPSA) is 53.2 Å². The Morgan fingerprint density at radius 2 is 1.42 bits per heavy atom. The lowest BCUT2D eigenvalue weighted by Gasteiger charge is -2.27. The van der Waals surface area contributed by atoms with Crippen LogP contribution in [-0.4, -0.2) is 21.0 Å². The van der Waals surface area contributed by atoms with Crippen molar-refractivity contribution < 1.29 is 4.79 Å². The van der Waals surface area contributed by atoms with Crippen LogP contribution in [-0.2, 0) is 0 Å². The van der Waals surface area contributed by atoms with Gasteiger partial charge in [0.15, 0.2) is 5.11 Å². The number of benzene rings is 2. The maximum Gasteiger partial charge on any atom is 0.252 e. The van der Waals surface area contributed by atoms with Crippen molar-refractivity contribution >= 4 is 95.6 Å². The molecule has 26 heavy (non-hydrogen) atoms. The molecule has 0 aliphatic rings. The number of nitrogens with one attached hydrogen (secondary N) is 3. The quantitative estimate of drug-likeness (QED) is 0.258. The summed E-state index contributed by atoms with van der Waals surface area (Å²) in [6.45, 7) is 0. The zero-order valence-electron chi connectivity index (χ0n) is 12.9. The lowest BCUT2D eigenvalue weighted by atomic mass is 10.2. The Bertz CT molecular complexity index is 783. The number of rotatable bonds is 4. The molecule has 1 amide bonds. The summed E-state index contributed by atoms with van der Waals surface area (Å²) in [5.74, 6) is -0.409. The largest absolute Gasteiger partial charge is 0.339 e. The van der Waals surface area contributed by atoms with E-state index >= 15 is 0 Å². The first-order chi connectivity index (χ1) is 12.1. The van der Waals surface area contributed by atoms with E-state index in [1.807, 2.05) is 24.3 Å². The number of carbonyl (C=O) groups is 1. The number of carbonyl (C=O) groups excluding carboxylic acids is 1. The minimum absolute atomic E-state index is 0.194. The minimum Gasteiger partial charge on any atom is -0.339 e. The maximum atomic E-state index is 12.4. The van der Waals surface area contributed by atoms with E-state index in [9.17, 15) is 4.79 Å². The lowest BCUT2D eigenvalue weighted by Crippen LogP contribution is -2.56. The van der Waals surface area contributed by atoms with Gasteiger partial charge in [0.05, 0.1) is 0 Å². The summed E-state index contributed by atoms with van der Waals surface area (Å²) in [6.07, 6.45) is -1.04. The predicted octanol–water partition coefficient (Wildman–Crippen LogP) is 5.62. The summed E-state index contributed by atoms with van der Waals surface area (Å²) in [5, 5.41) is 8.58. The molecule has 138 valence electrons. The molecule has 3 N–H and O–H groups in total.